The predicted molar refractivity (Wildman–Crippen MR) is 78.3 cm³/mol. The van der Waals surface area contributed by atoms with Crippen LogP contribution in [0.15, 0.2) is 24.4 Å². The van der Waals surface area contributed by atoms with Crippen LogP contribution in [0.1, 0.15) is 10.4 Å². The summed E-state index contributed by atoms with van der Waals surface area (Å²) in [7, 11) is 1.59. The van der Waals surface area contributed by atoms with E-state index in [-0.39, 0.29) is 5.56 Å². The number of fused-ring (bicyclic) bond motifs is 1. The number of carboxylic acid groups (broad SMARTS) is 1. The fourth-order valence-electron chi connectivity index (χ4n) is 2.57. The van der Waals surface area contributed by atoms with Crippen LogP contribution in [0.2, 0.25) is 0 Å². The molecule has 1 N–H and O–H groups in total. The number of methoxy groups -OCH3 is 1. The molecule has 0 bridgehead atoms. The molecule has 2 aromatic rings. The maximum Gasteiger partial charge on any atom is 0.339 e. The Labute approximate surface area is 121 Å². The largest absolute Gasteiger partial charge is 0.497 e. The Kier molecular flexibility index (Phi) is 3.62. The fraction of sp³-hybridized carbons (Fsp3) is 0.333. The van der Waals surface area contributed by atoms with Crippen LogP contribution in [0.4, 0.5) is 5.69 Å². The van der Waals surface area contributed by atoms with Crippen LogP contribution in [-0.2, 0) is 4.74 Å². The molecular formula is C15H16N2O4. The van der Waals surface area contributed by atoms with Crippen LogP contribution in [0, 0.1) is 0 Å². The Morgan fingerprint density at radius 3 is 2.81 bits per heavy atom. The van der Waals surface area contributed by atoms with Gasteiger partial charge in [-0.05, 0) is 18.2 Å². The summed E-state index contributed by atoms with van der Waals surface area (Å²) in [5.41, 5.74) is 1.65. The summed E-state index contributed by atoms with van der Waals surface area (Å²) in [5.74, 6) is -0.296. The van der Waals surface area contributed by atoms with E-state index in [2.05, 4.69) is 4.98 Å². The van der Waals surface area contributed by atoms with Crippen molar-refractivity contribution in [3.63, 3.8) is 0 Å². The van der Waals surface area contributed by atoms with Crippen molar-refractivity contribution in [2.45, 2.75) is 0 Å². The van der Waals surface area contributed by atoms with Gasteiger partial charge < -0.3 is 19.5 Å². The minimum Gasteiger partial charge on any atom is -0.497 e. The van der Waals surface area contributed by atoms with E-state index in [1.807, 2.05) is 23.1 Å². The molecule has 1 aromatic heterocycles. The minimum absolute atomic E-state index is 0.206. The van der Waals surface area contributed by atoms with Crippen LogP contribution < -0.4 is 9.64 Å². The third kappa shape index (κ3) is 2.50. The number of pyridine rings is 1. The monoisotopic (exact) mass is 288 g/mol. The number of ether oxygens (including phenoxy) is 2. The quantitative estimate of drug-likeness (QED) is 0.928. The molecule has 0 atom stereocenters. The van der Waals surface area contributed by atoms with Gasteiger partial charge in [0.15, 0.2) is 0 Å². The van der Waals surface area contributed by atoms with E-state index in [0.717, 1.165) is 10.9 Å². The number of hydrogen-bond donors (Lipinski definition) is 1. The maximum absolute atomic E-state index is 11.5. The number of aromatic carboxylic acids is 1. The van der Waals surface area contributed by atoms with Crippen molar-refractivity contribution in [3.8, 4) is 5.75 Å². The summed E-state index contributed by atoms with van der Waals surface area (Å²) < 4.78 is 10.6. The first kappa shape index (κ1) is 13.6. The Morgan fingerprint density at radius 1 is 1.38 bits per heavy atom. The van der Waals surface area contributed by atoms with Gasteiger partial charge in [-0.2, -0.15) is 0 Å². The average molecular weight is 288 g/mol. The second-order valence-corrected chi connectivity index (χ2v) is 4.81. The van der Waals surface area contributed by atoms with Gasteiger partial charge >= 0.3 is 5.97 Å². The highest BCUT2D eigenvalue weighted by Gasteiger charge is 2.22. The van der Waals surface area contributed by atoms with Gasteiger partial charge in [0.1, 0.15) is 11.3 Å². The highest BCUT2D eigenvalue weighted by Crippen LogP contribution is 2.32. The van der Waals surface area contributed by atoms with E-state index in [0.29, 0.717) is 37.7 Å². The Balaban J connectivity index is 2.23. The number of anilines is 1. The third-order valence-corrected chi connectivity index (χ3v) is 3.60. The Bertz CT molecular complexity index is 681. The summed E-state index contributed by atoms with van der Waals surface area (Å²) in [6.07, 6.45) is 1.42. The molecule has 1 saturated heterocycles. The van der Waals surface area contributed by atoms with Gasteiger partial charge in [0.25, 0.3) is 0 Å². The number of benzene rings is 1. The average Bonchev–Trinajstić information content (AvgIpc) is 2.53. The fourth-order valence-corrected chi connectivity index (χ4v) is 2.57. The lowest BCUT2D eigenvalue weighted by molar-refractivity contribution is 0.0696. The van der Waals surface area contributed by atoms with Gasteiger partial charge in [0.2, 0.25) is 0 Å². The summed E-state index contributed by atoms with van der Waals surface area (Å²) in [6, 6.07) is 5.49. The SMILES string of the molecule is COc1ccc2ncc(C(=O)O)c(N3CCOCC3)c2c1. The lowest BCUT2D eigenvalue weighted by Crippen LogP contribution is -2.37. The topological polar surface area (TPSA) is 71.9 Å². The van der Waals surface area contributed by atoms with Gasteiger partial charge in [-0.25, -0.2) is 4.79 Å². The van der Waals surface area contributed by atoms with Crippen LogP contribution in [-0.4, -0.2) is 49.5 Å². The smallest absolute Gasteiger partial charge is 0.339 e. The highest BCUT2D eigenvalue weighted by molar-refractivity contribution is 6.05. The van der Waals surface area contributed by atoms with E-state index < -0.39 is 5.97 Å². The highest BCUT2D eigenvalue weighted by atomic mass is 16.5. The predicted octanol–water partition coefficient (Wildman–Crippen LogP) is 1.78. The molecule has 0 amide bonds. The molecule has 0 radical (unpaired) electrons. The molecule has 1 fully saturated rings. The van der Waals surface area contributed by atoms with Crippen molar-refractivity contribution in [3.05, 3.63) is 30.0 Å². The van der Waals surface area contributed by atoms with E-state index in [1.165, 1.54) is 6.20 Å². The molecular weight excluding hydrogens is 272 g/mol. The van der Waals surface area contributed by atoms with Crippen LogP contribution in [0.5, 0.6) is 5.75 Å². The molecule has 110 valence electrons. The van der Waals surface area contributed by atoms with E-state index in [4.69, 9.17) is 9.47 Å². The number of morpholine rings is 1. The summed E-state index contributed by atoms with van der Waals surface area (Å²) in [4.78, 5) is 17.8. The Morgan fingerprint density at radius 2 is 2.14 bits per heavy atom. The van der Waals surface area contributed by atoms with E-state index in [1.54, 1.807) is 7.11 Å². The van der Waals surface area contributed by atoms with E-state index >= 15 is 0 Å². The van der Waals surface area contributed by atoms with Crippen LogP contribution in [0.25, 0.3) is 10.9 Å². The number of hydrogen-bond acceptors (Lipinski definition) is 5. The Hall–Kier alpha value is -2.34. The third-order valence-electron chi connectivity index (χ3n) is 3.60. The molecule has 6 nitrogen and oxygen atoms in total. The second-order valence-electron chi connectivity index (χ2n) is 4.81. The van der Waals surface area contributed by atoms with Crippen molar-refractivity contribution in [1.29, 1.82) is 0 Å². The van der Waals surface area contributed by atoms with Gasteiger partial charge in [-0.1, -0.05) is 0 Å². The number of carboxylic acids is 1. The lowest BCUT2D eigenvalue weighted by atomic mass is 10.1. The molecule has 0 aliphatic carbocycles. The van der Waals surface area contributed by atoms with Crippen molar-refractivity contribution in [1.82, 2.24) is 4.98 Å². The molecule has 0 saturated carbocycles. The molecule has 0 spiro atoms. The van der Waals surface area contributed by atoms with Crippen molar-refractivity contribution in [2.75, 3.05) is 38.3 Å². The molecule has 2 heterocycles. The van der Waals surface area contributed by atoms with E-state index in [9.17, 15) is 9.90 Å². The first-order valence-corrected chi connectivity index (χ1v) is 6.73. The minimum atomic E-state index is -0.978. The van der Waals surface area contributed by atoms with Gasteiger partial charge in [0, 0.05) is 24.7 Å². The molecule has 6 heteroatoms. The standard InChI is InChI=1S/C15H16N2O4/c1-20-10-2-3-13-11(8-10)14(12(9-16-13)15(18)19)17-4-6-21-7-5-17/h2-3,8-9H,4-7H2,1H3,(H,18,19). The zero-order chi connectivity index (χ0) is 14.8. The summed E-state index contributed by atoms with van der Waals surface area (Å²) in [5, 5.41) is 10.2. The molecule has 1 aliphatic rings. The molecule has 21 heavy (non-hydrogen) atoms. The summed E-state index contributed by atoms with van der Waals surface area (Å²) >= 11 is 0. The zero-order valence-corrected chi connectivity index (χ0v) is 11.7. The maximum atomic E-state index is 11.5. The number of carbonyl (C=O) groups is 1. The number of aromatic nitrogens is 1. The van der Waals surface area contributed by atoms with Crippen molar-refractivity contribution in [2.24, 2.45) is 0 Å². The lowest BCUT2D eigenvalue weighted by Gasteiger charge is -2.30. The first-order chi connectivity index (χ1) is 10.2. The second kappa shape index (κ2) is 5.57. The van der Waals surface area contributed by atoms with Crippen LogP contribution in [0.3, 0.4) is 0 Å². The van der Waals surface area contributed by atoms with Crippen molar-refractivity contribution >= 4 is 22.6 Å². The normalized spacial score (nSPS) is 15.2. The summed E-state index contributed by atoms with van der Waals surface area (Å²) in [6.45, 7) is 2.51. The molecule has 0 unspecified atom stereocenters. The first-order valence-electron chi connectivity index (χ1n) is 6.73. The van der Waals surface area contributed by atoms with Gasteiger partial charge in [0.05, 0.1) is 31.5 Å². The van der Waals surface area contributed by atoms with Crippen molar-refractivity contribution < 1.29 is 19.4 Å². The number of nitrogens with zero attached hydrogens (tertiary/aromatic N) is 2. The van der Waals surface area contributed by atoms with Gasteiger partial charge in [-0.3, -0.25) is 4.98 Å². The zero-order valence-electron chi connectivity index (χ0n) is 11.7. The molecule has 3 rings (SSSR count). The molecule has 1 aromatic carbocycles. The van der Waals surface area contributed by atoms with Gasteiger partial charge in [-0.15, -0.1) is 0 Å². The number of rotatable bonds is 3. The van der Waals surface area contributed by atoms with Crippen LogP contribution >= 0.6 is 0 Å². The molecule has 1 aliphatic heterocycles.